The molecule has 130 valence electrons. The third-order valence-electron chi connectivity index (χ3n) is 4.88. The largest absolute Gasteiger partial charge is 0.458 e. The Hall–Kier alpha value is -2.66. The summed E-state index contributed by atoms with van der Waals surface area (Å²) in [7, 11) is 0. The molecule has 2 rings (SSSR count). The van der Waals surface area contributed by atoms with Crippen molar-refractivity contribution in [3.63, 3.8) is 0 Å². The molecule has 3 atom stereocenters. The molecular weight excluding hydrogens is 314 g/mol. The number of hydrogen-bond donors (Lipinski definition) is 0. The van der Waals surface area contributed by atoms with Gasteiger partial charge in [-0.2, -0.15) is 5.26 Å². The summed E-state index contributed by atoms with van der Waals surface area (Å²) in [5.74, 6) is 0.736. The van der Waals surface area contributed by atoms with E-state index in [0.29, 0.717) is 29.0 Å². The summed E-state index contributed by atoms with van der Waals surface area (Å²) in [6.45, 7) is 6.47. The second kappa shape index (κ2) is 8.44. The van der Waals surface area contributed by atoms with E-state index in [2.05, 4.69) is 25.7 Å². The fourth-order valence-electron chi connectivity index (χ4n) is 3.39. The molecule has 25 heavy (non-hydrogen) atoms. The molecule has 0 saturated heterocycles. The van der Waals surface area contributed by atoms with Gasteiger partial charge < -0.3 is 4.74 Å². The first-order chi connectivity index (χ1) is 11.9. The van der Waals surface area contributed by atoms with E-state index >= 15 is 0 Å². The van der Waals surface area contributed by atoms with Crippen LogP contribution < -0.4 is 0 Å². The van der Waals surface area contributed by atoms with Crippen LogP contribution in [-0.2, 0) is 9.53 Å². The van der Waals surface area contributed by atoms with E-state index in [-0.39, 0.29) is 11.7 Å². The summed E-state index contributed by atoms with van der Waals surface area (Å²) in [5, 5.41) is 18.0. The fraction of sp³-hybridized carbons (Fsp3) is 0.500. The average Bonchev–Trinajstić information content (AvgIpc) is 2.59. The standard InChI is InChI=1S/C20H24N3O2/c1-13(2)18-9-4-14(3)10-19(18)25-20(24)16(12-21)11-15-5-7-17(23-22)8-6-15/h5-8,11,13-14,18-19H,4,9-10H2,1-3H3/q+1/b16-11-. The van der Waals surface area contributed by atoms with Gasteiger partial charge in [0.1, 0.15) is 17.7 Å². The van der Waals surface area contributed by atoms with Gasteiger partial charge in [0, 0.05) is 12.1 Å². The predicted octanol–water partition coefficient (Wildman–Crippen LogP) is 5.08. The first-order valence-corrected chi connectivity index (χ1v) is 8.72. The Morgan fingerprint density at radius 1 is 1.32 bits per heavy atom. The summed E-state index contributed by atoms with van der Waals surface area (Å²) in [6.07, 6.45) is 4.41. The second-order valence-corrected chi connectivity index (χ2v) is 7.13. The zero-order valence-electron chi connectivity index (χ0n) is 15.0. The molecule has 1 aliphatic carbocycles. The number of nitrogens with zero attached hydrogens (tertiary/aromatic N) is 3. The van der Waals surface area contributed by atoms with E-state index in [1.54, 1.807) is 24.3 Å². The van der Waals surface area contributed by atoms with Crippen LogP contribution in [0.15, 0.2) is 29.8 Å². The summed E-state index contributed by atoms with van der Waals surface area (Å²) in [5.41, 5.74) is 1.07. The first-order valence-electron chi connectivity index (χ1n) is 8.72. The lowest BCUT2D eigenvalue weighted by molar-refractivity contribution is -0.150. The van der Waals surface area contributed by atoms with Crippen LogP contribution in [0.4, 0.5) is 5.69 Å². The Bertz CT molecular complexity index is 723. The van der Waals surface area contributed by atoms with Crippen molar-refractivity contribution in [2.45, 2.75) is 46.1 Å². The molecule has 0 radical (unpaired) electrons. The molecule has 5 nitrogen and oxygen atoms in total. The molecule has 0 amide bonds. The molecule has 3 unspecified atom stereocenters. The zero-order valence-corrected chi connectivity index (χ0v) is 15.0. The quantitative estimate of drug-likeness (QED) is 0.332. The summed E-state index contributed by atoms with van der Waals surface area (Å²) in [4.78, 5) is 15.6. The van der Waals surface area contributed by atoms with Gasteiger partial charge in [-0.25, -0.2) is 4.79 Å². The number of diazo groups is 1. The van der Waals surface area contributed by atoms with Gasteiger partial charge in [0.25, 0.3) is 0 Å². The highest BCUT2D eigenvalue weighted by atomic mass is 16.5. The van der Waals surface area contributed by atoms with Crippen LogP contribution in [0.3, 0.4) is 0 Å². The number of esters is 1. The van der Waals surface area contributed by atoms with Crippen molar-refractivity contribution in [1.29, 1.82) is 10.7 Å². The maximum absolute atomic E-state index is 12.5. The topological polar surface area (TPSA) is 78.2 Å². The summed E-state index contributed by atoms with van der Waals surface area (Å²) >= 11 is 0. The van der Waals surface area contributed by atoms with Crippen molar-refractivity contribution in [3.05, 3.63) is 40.4 Å². The molecule has 1 fully saturated rings. The van der Waals surface area contributed by atoms with Crippen LogP contribution in [0.2, 0.25) is 0 Å². The molecule has 0 aromatic heterocycles. The molecule has 1 aromatic carbocycles. The smallest absolute Gasteiger partial charge is 0.385 e. The van der Waals surface area contributed by atoms with Crippen LogP contribution in [0.1, 0.15) is 45.6 Å². The second-order valence-electron chi connectivity index (χ2n) is 7.13. The molecule has 0 spiro atoms. The van der Waals surface area contributed by atoms with Crippen molar-refractivity contribution in [2.24, 2.45) is 17.8 Å². The highest BCUT2D eigenvalue weighted by molar-refractivity contribution is 5.98. The SMILES string of the molecule is CC1CCC(C(C)C)C(OC(=O)/C(C#N)=C\c2ccc([N+]#N)cc2)C1. The van der Waals surface area contributed by atoms with E-state index in [1.807, 2.05) is 6.07 Å². The van der Waals surface area contributed by atoms with Crippen LogP contribution in [0.25, 0.3) is 11.1 Å². The molecule has 1 saturated carbocycles. The van der Waals surface area contributed by atoms with Crippen molar-refractivity contribution in [2.75, 3.05) is 0 Å². The Kier molecular flexibility index (Phi) is 6.31. The highest BCUT2D eigenvalue weighted by Crippen LogP contribution is 2.35. The summed E-state index contributed by atoms with van der Waals surface area (Å²) < 4.78 is 5.72. The van der Waals surface area contributed by atoms with Crippen LogP contribution >= 0.6 is 0 Å². The number of rotatable bonds is 4. The molecule has 0 heterocycles. The lowest BCUT2D eigenvalue weighted by atomic mass is 9.75. The maximum Gasteiger partial charge on any atom is 0.385 e. The fourth-order valence-corrected chi connectivity index (χ4v) is 3.39. The molecule has 0 N–H and O–H groups in total. The van der Waals surface area contributed by atoms with E-state index < -0.39 is 5.97 Å². The van der Waals surface area contributed by atoms with Crippen molar-refractivity contribution >= 4 is 17.7 Å². The third-order valence-corrected chi connectivity index (χ3v) is 4.88. The molecular formula is C20H24N3O2+. The Morgan fingerprint density at radius 3 is 2.56 bits per heavy atom. The minimum Gasteiger partial charge on any atom is -0.458 e. The van der Waals surface area contributed by atoms with Gasteiger partial charge in [-0.05, 0) is 54.4 Å². The first kappa shape index (κ1) is 18.7. The van der Waals surface area contributed by atoms with Gasteiger partial charge in [-0.15, -0.1) is 0 Å². The minimum atomic E-state index is -0.567. The number of ether oxygens (including phenoxy) is 1. The van der Waals surface area contributed by atoms with Gasteiger partial charge in [-0.1, -0.05) is 27.2 Å². The molecule has 0 aliphatic heterocycles. The molecule has 1 aliphatic rings. The zero-order chi connectivity index (χ0) is 18.4. The average molecular weight is 338 g/mol. The Balaban J connectivity index is 2.14. The van der Waals surface area contributed by atoms with Crippen LogP contribution in [0.5, 0.6) is 0 Å². The number of hydrogen-bond acceptors (Lipinski definition) is 4. The Morgan fingerprint density at radius 2 is 2.00 bits per heavy atom. The van der Waals surface area contributed by atoms with Crippen molar-refractivity contribution in [3.8, 4) is 6.07 Å². The van der Waals surface area contributed by atoms with Crippen LogP contribution in [-0.4, -0.2) is 12.1 Å². The van der Waals surface area contributed by atoms with E-state index in [4.69, 9.17) is 10.1 Å². The van der Waals surface area contributed by atoms with E-state index in [0.717, 1.165) is 19.3 Å². The number of nitriles is 1. The monoisotopic (exact) mass is 338 g/mol. The van der Waals surface area contributed by atoms with Crippen LogP contribution in [0, 0.1) is 34.5 Å². The highest BCUT2D eigenvalue weighted by Gasteiger charge is 2.34. The lowest BCUT2D eigenvalue weighted by Crippen LogP contribution is -2.36. The van der Waals surface area contributed by atoms with Gasteiger partial charge in [0.05, 0.1) is 0 Å². The Labute approximate surface area is 148 Å². The normalized spacial score (nSPS) is 23.6. The minimum absolute atomic E-state index is 0.0191. The third kappa shape index (κ3) is 4.90. The van der Waals surface area contributed by atoms with Gasteiger partial charge in [0.15, 0.2) is 4.98 Å². The molecule has 5 heteroatoms. The summed E-state index contributed by atoms with van der Waals surface area (Å²) in [6, 6.07) is 8.50. The lowest BCUT2D eigenvalue weighted by Gasteiger charge is -2.36. The number of benzene rings is 1. The van der Waals surface area contributed by atoms with Gasteiger partial charge in [-0.3, -0.25) is 0 Å². The molecule has 0 bridgehead atoms. The van der Waals surface area contributed by atoms with Gasteiger partial charge >= 0.3 is 11.7 Å². The van der Waals surface area contributed by atoms with Gasteiger partial charge in [0.2, 0.25) is 5.39 Å². The van der Waals surface area contributed by atoms with Crippen molar-refractivity contribution < 1.29 is 9.53 Å². The van der Waals surface area contributed by atoms with E-state index in [9.17, 15) is 10.1 Å². The molecule has 1 aromatic rings. The maximum atomic E-state index is 12.5. The van der Waals surface area contributed by atoms with E-state index in [1.165, 1.54) is 6.08 Å². The number of carbonyl (C=O) groups is 1. The predicted molar refractivity (Wildman–Crippen MR) is 96.0 cm³/mol. The van der Waals surface area contributed by atoms with Crippen molar-refractivity contribution in [1.82, 2.24) is 0 Å². The number of carbonyl (C=O) groups excluding carboxylic acids is 1.